The summed E-state index contributed by atoms with van der Waals surface area (Å²) in [6.45, 7) is 1.78. The van der Waals surface area contributed by atoms with Gasteiger partial charge in [0.25, 0.3) is 0 Å². The molecule has 0 unspecified atom stereocenters. The number of hydrogen-bond acceptors (Lipinski definition) is 5. The third-order valence-electron chi connectivity index (χ3n) is 5.49. The van der Waals surface area contributed by atoms with Crippen LogP contribution in [-0.2, 0) is 0 Å². The summed E-state index contributed by atoms with van der Waals surface area (Å²) in [4.78, 5) is 16.0. The second kappa shape index (κ2) is 7.91. The van der Waals surface area contributed by atoms with Crippen LogP contribution in [0.3, 0.4) is 0 Å². The summed E-state index contributed by atoms with van der Waals surface area (Å²) in [5, 5.41) is 0.786. The lowest BCUT2D eigenvalue weighted by Crippen LogP contribution is -2.20. The van der Waals surface area contributed by atoms with Gasteiger partial charge in [-0.1, -0.05) is 0 Å². The molecule has 1 fully saturated rings. The fraction of sp³-hybridized carbons (Fsp3) is 0.208. The highest BCUT2D eigenvalue weighted by molar-refractivity contribution is 5.98. The van der Waals surface area contributed by atoms with Crippen molar-refractivity contribution in [2.24, 2.45) is 0 Å². The predicted octanol–water partition coefficient (Wildman–Crippen LogP) is 5.25. The average Bonchev–Trinajstić information content (AvgIpc) is 3.32. The summed E-state index contributed by atoms with van der Waals surface area (Å²) in [5.41, 5.74) is 2.53. The number of nitrogens with zero attached hydrogens (tertiary/aromatic N) is 4. The first kappa shape index (κ1) is 19.4. The van der Waals surface area contributed by atoms with E-state index in [0.717, 1.165) is 48.8 Å². The molecular formula is C24H20F2N4O. The van der Waals surface area contributed by atoms with Crippen LogP contribution >= 0.6 is 0 Å². The first-order chi connectivity index (χ1) is 15.1. The van der Waals surface area contributed by atoms with Crippen LogP contribution in [0.2, 0.25) is 0 Å². The number of aromatic nitrogens is 3. The molecule has 0 spiro atoms. The van der Waals surface area contributed by atoms with Crippen molar-refractivity contribution in [3.8, 4) is 28.3 Å². The number of fused-ring (bicyclic) bond motifs is 1. The van der Waals surface area contributed by atoms with Crippen molar-refractivity contribution in [3.05, 3.63) is 66.5 Å². The molecule has 0 amide bonds. The van der Waals surface area contributed by atoms with Gasteiger partial charge in [0.2, 0.25) is 0 Å². The Morgan fingerprint density at radius 2 is 1.65 bits per heavy atom. The van der Waals surface area contributed by atoms with E-state index < -0.39 is 11.6 Å². The summed E-state index contributed by atoms with van der Waals surface area (Å²) in [6, 6.07) is 10.9. The van der Waals surface area contributed by atoms with Gasteiger partial charge in [-0.15, -0.1) is 0 Å². The standard InChI is InChI=1S/C24H20F2N4O/c1-31-21-12-17(16-9-18(25)13-19(26)10-16)11-20-22(21)28-23(15-5-4-6-27-14-15)29-24(20)30-7-2-3-8-30/h4-6,9-14H,2-3,7-8H2,1H3. The lowest BCUT2D eigenvalue weighted by molar-refractivity contribution is 0.419. The Morgan fingerprint density at radius 1 is 0.903 bits per heavy atom. The van der Waals surface area contributed by atoms with E-state index in [9.17, 15) is 8.78 Å². The largest absolute Gasteiger partial charge is 0.494 e. The number of rotatable bonds is 4. The maximum Gasteiger partial charge on any atom is 0.163 e. The first-order valence-corrected chi connectivity index (χ1v) is 10.1. The quantitative estimate of drug-likeness (QED) is 0.453. The Bertz CT molecular complexity index is 1240. The van der Waals surface area contributed by atoms with Gasteiger partial charge in [-0.05, 0) is 60.4 Å². The molecule has 156 valence electrons. The van der Waals surface area contributed by atoms with Gasteiger partial charge in [0.1, 0.15) is 28.7 Å². The molecule has 0 aliphatic carbocycles. The Hall–Kier alpha value is -3.61. The number of halogens is 2. The molecule has 1 saturated heterocycles. The molecule has 2 aromatic carbocycles. The van der Waals surface area contributed by atoms with Gasteiger partial charge in [-0.3, -0.25) is 4.98 Å². The van der Waals surface area contributed by atoms with Gasteiger partial charge in [0, 0.05) is 42.5 Å². The fourth-order valence-electron chi connectivity index (χ4n) is 4.02. The molecule has 4 aromatic rings. The zero-order valence-corrected chi connectivity index (χ0v) is 17.0. The average molecular weight is 418 g/mol. The number of hydrogen-bond donors (Lipinski definition) is 0. The summed E-state index contributed by atoms with van der Waals surface area (Å²) in [7, 11) is 1.56. The minimum atomic E-state index is -0.628. The molecular weight excluding hydrogens is 398 g/mol. The Balaban J connectivity index is 1.78. The van der Waals surface area contributed by atoms with Crippen LogP contribution < -0.4 is 9.64 Å². The molecule has 1 aliphatic rings. The van der Waals surface area contributed by atoms with Crippen molar-refractivity contribution >= 4 is 16.7 Å². The Kier molecular flexibility index (Phi) is 4.94. The van der Waals surface area contributed by atoms with Crippen LogP contribution in [0.15, 0.2) is 54.9 Å². The summed E-state index contributed by atoms with van der Waals surface area (Å²) in [6.07, 6.45) is 5.60. The van der Waals surface area contributed by atoms with Crippen LogP contribution in [0.4, 0.5) is 14.6 Å². The van der Waals surface area contributed by atoms with E-state index in [1.54, 1.807) is 25.6 Å². The number of methoxy groups -OCH3 is 1. The van der Waals surface area contributed by atoms with Crippen LogP contribution in [0, 0.1) is 11.6 Å². The smallest absolute Gasteiger partial charge is 0.163 e. The van der Waals surface area contributed by atoms with Crippen LogP contribution in [-0.4, -0.2) is 35.2 Å². The second-order valence-corrected chi connectivity index (χ2v) is 7.54. The van der Waals surface area contributed by atoms with Gasteiger partial charge in [-0.25, -0.2) is 18.7 Å². The molecule has 0 saturated carbocycles. The van der Waals surface area contributed by atoms with Crippen LogP contribution in [0.25, 0.3) is 33.4 Å². The number of pyridine rings is 1. The minimum Gasteiger partial charge on any atom is -0.494 e. The van der Waals surface area contributed by atoms with E-state index in [0.29, 0.717) is 28.2 Å². The van der Waals surface area contributed by atoms with E-state index in [4.69, 9.17) is 14.7 Å². The minimum absolute atomic E-state index is 0.432. The monoisotopic (exact) mass is 418 g/mol. The van der Waals surface area contributed by atoms with E-state index in [2.05, 4.69) is 9.88 Å². The molecule has 0 bridgehead atoms. The van der Waals surface area contributed by atoms with Crippen molar-refractivity contribution in [1.82, 2.24) is 15.0 Å². The Morgan fingerprint density at radius 3 is 2.32 bits per heavy atom. The summed E-state index contributed by atoms with van der Waals surface area (Å²) < 4.78 is 33.4. The van der Waals surface area contributed by atoms with Crippen molar-refractivity contribution < 1.29 is 13.5 Å². The molecule has 7 heteroatoms. The van der Waals surface area contributed by atoms with E-state index in [1.807, 2.05) is 18.2 Å². The molecule has 1 aliphatic heterocycles. The van der Waals surface area contributed by atoms with E-state index in [1.165, 1.54) is 12.1 Å². The normalized spacial score (nSPS) is 13.7. The van der Waals surface area contributed by atoms with Gasteiger partial charge in [0.05, 0.1) is 7.11 Å². The van der Waals surface area contributed by atoms with Crippen molar-refractivity contribution in [3.63, 3.8) is 0 Å². The Labute approximate surface area is 178 Å². The van der Waals surface area contributed by atoms with Crippen molar-refractivity contribution in [2.45, 2.75) is 12.8 Å². The molecule has 0 atom stereocenters. The maximum absolute atomic E-state index is 13.9. The summed E-state index contributed by atoms with van der Waals surface area (Å²) in [5.74, 6) is 0.614. The van der Waals surface area contributed by atoms with Gasteiger partial charge in [0.15, 0.2) is 5.82 Å². The fourth-order valence-corrected chi connectivity index (χ4v) is 4.02. The summed E-state index contributed by atoms with van der Waals surface area (Å²) >= 11 is 0. The molecule has 0 N–H and O–H groups in total. The van der Waals surface area contributed by atoms with E-state index >= 15 is 0 Å². The molecule has 31 heavy (non-hydrogen) atoms. The first-order valence-electron chi connectivity index (χ1n) is 10.1. The molecule has 3 heterocycles. The van der Waals surface area contributed by atoms with Crippen LogP contribution in [0.1, 0.15) is 12.8 Å². The lowest BCUT2D eigenvalue weighted by atomic mass is 10.0. The molecule has 2 aromatic heterocycles. The van der Waals surface area contributed by atoms with Gasteiger partial charge in [-0.2, -0.15) is 0 Å². The lowest BCUT2D eigenvalue weighted by Gasteiger charge is -2.21. The SMILES string of the molecule is COc1cc(-c2cc(F)cc(F)c2)cc2c(N3CCCC3)nc(-c3cccnc3)nc12. The predicted molar refractivity (Wildman–Crippen MR) is 116 cm³/mol. The third-order valence-corrected chi connectivity index (χ3v) is 5.49. The third kappa shape index (κ3) is 3.67. The van der Waals surface area contributed by atoms with Crippen LogP contribution in [0.5, 0.6) is 5.75 Å². The highest BCUT2D eigenvalue weighted by atomic mass is 19.1. The number of ether oxygens (including phenoxy) is 1. The number of anilines is 1. The highest BCUT2D eigenvalue weighted by Gasteiger charge is 2.21. The topological polar surface area (TPSA) is 51.1 Å². The van der Waals surface area contributed by atoms with Crippen molar-refractivity contribution in [1.29, 1.82) is 0 Å². The maximum atomic E-state index is 13.9. The van der Waals surface area contributed by atoms with Gasteiger partial charge >= 0.3 is 0 Å². The highest BCUT2D eigenvalue weighted by Crippen LogP contribution is 2.38. The number of benzene rings is 2. The van der Waals surface area contributed by atoms with Crippen molar-refractivity contribution in [2.75, 3.05) is 25.1 Å². The molecule has 5 nitrogen and oxygen atoms in total. The second-order valence-electron chi connectivity index (χ2n) is 7.54. The molecule has 5 rings (SSSR count). The molecule has 0 radical (unpaired) electrons. The van der Waals surface area contributed by atoms with E-state index in [-0.39, 0.29) is 0 Å². The zero-order valence-electron chi connectivity index (χ0n) is 17.0. The van der Waals surface area contributed by atoms with Gasteiger partial charge < -0.3 is 9.64 Å². The zero-order chi connectivity index (χ0) is 21.4.